The van der Waals surface area contributed by atoms with Crippen molar-refractivity contribution in [3.63, 3.8) is 0 Å². The summed E-state index contributed by atoms with van der Waals surface area (Å²) in [5.41, 5.74) is 0.620. The molecule has 1 aliphatic heterocycles. The van der Waals surface area contributed by atoms with Gasteiger partial charge >= 0.3 is 0 Å². The largest absolute Gasteiger partial charge is 0.493 e. The van der Waals surface area contributed by atoms with Crippen LogP contribution in [0.1, 0.15) is 12.5 Å². The number of carbonyl (C=O) groups is 1. The minimum absolute atomic E-state index is 0.0353. The lowest BCUT2D eigenvalue weighted by molar-refractivity contribution is -0.118. The molecule has 0 bridgehead atoms. The smallest absolute Gasteiger partial charge is 0.264 e. The second-order valence-electron chi connectivity index (χ2n) is 5.42. The predicted octanol–water partition coefficient (Wildman–Crippen LogP) is 2.62. The summed E-state index contributed by atoms with van der Waals surface area (Å²) < 4.78 is 43.2. The molecule has 0 saturated carbocycles. The molecule has 7 nitrogen and oxygen atoms in total. The Bertz CT molecular complexity index is 944. The Labute approximate surface area is 159 Å². The van der Waals surface area contributed by atoms with Crippen LogP contribution in [0.4, 0.5) is 0 Å². The number of hydrogen-bond acceptors (Lipinski definition) is 6. The Kier molecular flexibility index (Phi) is 5.38. The van der Waals surface area contributed by atoms with Gasteiger partial charge in [-0.05, 0) is 58.7 Å². The summed E-state index contributed by atoms with van der Waals surface area (Å²) in [5.74, 6) is 1.02. The van der Waals surface area contributed by atoms with Crippen molar-refractivity contribution >= 4 is 31.9 Å². The van der Waals surface area contributed by atoms with E-state index in [9.17, 15) is 13.2 Å². The van der Waals surface area contributed by atoms with Crippen LogP contribution >= 0.6 is 15.9 Å². The third kappa shape index (κ3) is 4.10. The van der Waals surface area contributed by atoms with Crippen LogP contribution in [0.3, 0.4) is 0 Å². The van der Waals surface area contributed by atoms with Crippen molar-refractivity contribution in [2.45, 2.75) is 18.2 Å². The van der Waals surface area contributed by atoms with E-state index in [2.05, 4.69) is 20.7 Å². The van der Waals surface area contributed by atoms with Gasteiger partial charge in [-0.15, -0.1) is 0 Å². The maximum Gasteiger partial charge on any atom is 0.264 e. The molecular weight excluding hydrogens is 426 g/mol. The van der Waals surface area contributed by atoms with Crippen molar-refractivity contribution in [1.29, 1.82) is 0 Å². The highest BCUT2D eigenvalue weighted by Crippen LogP contribution is 2.32. The molecule has 0 aromatic heterocycles. The fourth-order valence-electron chi connectivity index (χ4n) is 2.40. The third-order valence-corrected chi connectivity index (χ3v) is 5.55. The first-order valence-electron chi connectivity index (χ1n) is 7.75. The highest BCUT2D eigenvalue weighted by Gasteiger charge is 2.20. The highest BCUT2D eigenvalue weighted by atomic mass is 79.9. The summed E-state index contributed by atoms with van der Waals surface area (Å²) in [6, 6.07) is 9.33. The number of rotatable bonds is 6. The molecule has 2 aromatic rings. The van der Waals surface area contributed by atoms with Crippen LogP contribution in [0.2, 0.25) is 0 Å². The van der Waals surface area contributed by atoms with Crippen molar-refractivity contribution in [3.8, 4) is 17.2 Å². The van der Waals surface area contributed by atoms with Crippen molar-refractivity contribution in [2.24, 2.45) is 0 Å². The number of carbonyl (C=O) groups excluding carboxylic acids is 1. The average molecular weight is 442 g/mol. The van der Waals surface area contributed by atoms with Gasteiger partial charge in [0.25, 0.3) is 10.0 Å². The molecule has 1 N–H and O–H groups in total. The molecule has 0 spiro atoms. The summed E-state index contributed by atoms with van der Waals surface area (Å²) in [6.07, 6.45) is -0.103. The normalized spacial score (nSPS) is 12.7. The summed E-state index contributed by atoms with van der Waals surface area (Å²) in [5, 5.41) is 0. The van der Waals surface area contributed by atoms with Gasteiger partial charge < -0.3 is 14.2 Å². The molecule has 3 rings (SSSR count). The lowest BCUT2D eigenvalue weighted by Gasteiger charge is -2.10. The second kappa shape index (κ2) is 7.55. The van der Waals surface area contributed by atoms with Crippen molar-refractivity contribution in [2.75, 3.05) is 13.4 Å². The minimum Gasteiger partial charge on any atom is -0.493 e. The molecule has 1 amide bonds. The quantitative estimate of drug-likeness (QED) is 0.740. The number of sulfonamides is 1. The number of amides is 1. The molecule has 1 heterocycles. The van der Waals surface area contributed by atoms with E-state index in [4.69, 9.17) is 14.2 Å². The summed E-state index contributed by atoms with van der Waals surface area (Å²) in [6.45, 7) is 2.41. The lowest BCUT2D eigenvalue weighted by atomic mass is 10.1. The predicted molar refractivity (Wildman–Crippen MR) is 96.9 cm³/mol. The zero-order chi connectivity index (χ0) is 18.7. The van der Waals surface area contributed by atoms with Gasteiger partial charge in [0, 0.05) is 0 Å². The molecule has 0 atom stereocenters. The Morgan fingerprint density at radius 2 is 1.96 bits per heavy atom. The molecule has 0 radical (unpaired) electrons. The van der Waals surface area contributed by atoms with E-state index in [0.29, 0.717) is 33.9 Å². The van der Waals surface area contributed by atoms with Gasteiger partial charge in [0.2, 0.25) is 12.7 Å². The van der Waals surface area contributed by atoms with E-state index in [0.717, 1.165) is 0 Å². The molecule has 2 aromatic carbocycles. The second-order valence-corrected chi connectivity index (χ2v) is 7.96. The van der Waals surface area contributed by atoms with Gasteiger partial charge in [0.1, 0.15) is 5.75 Å². The van der Waals surface area contributed by atoms with Gasteiger partial charge in [-0.1, -0.05) is 6.07 Å². The van der Waals surface area contributed by atoms with Crippen LogP contribution in [0.5, 0.6) is 17.2 Å². The maximum absolute atomic E-state index is 12.4. The molecule has 0 unspecified atom stereocenters. The molecule has 138 valence electrons. The lowest BCUT2D eigenvalue weighted by Crippen LogP contribution is -2.31. The van der Waals surface area contributed by atoms with Crippen LogP contribution in [0, 0.1) is 0 Å². The Hall–Kier alpha value is -2.26. The van der Waals surface area contributed by atoms with Gasteiger partial charge in [-0.25, -0.2) is 13.1 Å². The van der Waals surface area contributed by atoms with Crippen LogP contribution in [-0.4, -0.2) is 27.7 Å². The number of benzene rings is 2. The number of hydrogen-bond donors (Lipinski definition) is 1. The first kappa shape index (κ1) is 18.5. The zero-order valence-corrected chi connectivity index (χ0v) is 16.2. The molecule has 1 aliphatic rings. The van der Waals surface area contributed by atoms with Gasteiger partial charge in [-0.3, -0.25) is 4.79 Å². The van der Waals surface area contributed by atoms with E-state index in [1.54, 1.807) is 18.2 Å². The molecule has 0 saturated heterocycles. The maximum atomic E-state index is 12.4. The third-order valence-electron chi connectivity index (χ3n) is 3.56. The number of nitrogens with one attached hydrogen (secondary N) is 1. The molecule has 0 fully saturated rings. The topological polar surface area (TPSA) is 90.9 Å². The summed E-state index contributed by atoms with van der Waals surface area (Å²) in [4.78, 5) is 12.1. The Morgan fingerprint density at radius 3 is 2.69 bits per heavy atom. The van der Waals surface area contributed by atoms with Crippen LogP contribution in [0.25, 0.3) is 0 Å². The minimum atomic E-state index is -3.99. The van der Waals surface area contributed by atoms with Gasteiger partial charge in [0.15, 0.2) is 11.5 Å². The first-order valence-corrected chi connectivity index (χ1v) is 10.0. The first-order chi connectivity index (χ1) is 12.4. The molecule has 9 heteroatoms. The highest BCUT2D eigenvalue weighted by molar-refractivity contribution is 9.10. The Morgan fingerprint density at radius 1 is 1.19 bits per heavy atom. The van der Waals surface area contributed by atoms with E-state index >= 15 is 0 Å². The molecule has 26 heavy (non-hydrogen) atoms. The standard InChI is InChI=1S/C17H16BrNO6S/c1-2-23-14-6-4-12(9-13(14)18)26(21,22)19-17(20)8-11-3-5-15-16(7-11)25-10-24-15/h3-7,9H,2,8,10H2,1H3,(H,19,20). The van der Waals surface area contributed by atoms with Crippen LogP contribution in [-0.2, 0) is 21.2 Å². The van der Waals surface area contributed by atoms with E-state index in [-0.39, 0.29) is 18.1 Å². The van der Waals surface area contributed by atoms with Crippen molar-refractivity contribution in [3.05, 3.63) is 46.4 Å². The average Bonchev–Trinajstić information content (AvgIpc) is 3.04. The number of halogens is 1. The molecule has 0 aliphatic carbocycles. The van der Waals surface area contributed by atoms with Gasteiger partial charge in [-0.2, -0.15) is 0 Å². The van der Waals surface area contributed by atoms with Crippen molar-refractivity contribution in [1.82, 2.24) is 4.72 Å². The van der Waals surface area contributed by atoms with E-state index in [1.807, 2.05) is 6.92 Å². The van der Waals surface area contributed by atoms with Crippen molar-refractivity contribution < 1.29 is 27.4 Å². The fraction of sp³-hybridized carbons (Fsp3) is 0.235. The SMILES string of the molecule is CCOc1ccc(S(=O)(=O)NC(=O)Cc2ccc3c(c2)OCO3)cc1Br. The fourth-order valence-corrected chi connectivity index (χ4v) is 4.06. The molecular formula is C17H16BrNO6S. The monoisotopic (exact) mass is 441 g/mol. The number of ether oxygens (including phenoxy) is 3. The van der Waals surface area contributed by atoms with Crippen LogP contribution < -0.4 is 18.9 Å². The number of fused-ring (bicyclic) bond motifs is 1. The summed E-state index contributed by atoms with van der Waals surface area (Å²) >= 11 is 3.26. The van der Waals surface area contributed by atoms with Gasteiger partial charge in [0.05, 0.1) is 22.4 Å². The Balaban J connectivity index is 1.70. The zero-order valence-electron chi connectivity index (χ0n) is 13.8. The van der Waals surface area contributed by atoms with E-state index < -0.39 is 15.9 Å². The van der Waals surface area contributed by atoms with Crippen LogP contribution in [0.15, 0.2) is 45.8 Å². The summed E-state index contributed by atoms with van der Waals surface area (Å²) in [7, 11) is -3.99. The van der Waals surface area contributed by atoms with E-state index in [1.165, 1.54) is 18.2 Å².